The van der Waals surface area contributed by atoms with Crippen molar-refractivity contribution in [3.05, 3.63) is 29.8 Å². The van der Waals surface area contributed by atoms with Crippen molar-refractivity contribution in [2.75, 3.05) is 46.5 Å². The second-order valence-electron chi connectivity index (χ2n) is 7.04. The molecule has 1 atom stereocenters. The molecule has 26 heavy (non-hydrogen) atoms. The summed E-state index contributed by atoms with van der Waals surface area (Å²) in [5.41, 5.74) is 1.11. The van der Waals surface area contributed by atoms with E-state index in [1.807, 2.05) is 34.1 Å². The number of aryl methyl sites for hydroxylation is 1. The van der Waals surface area contributed by atoms with Crippen LogP contribution in [-0.4, -0.2) is 68.1 Å². The van der Waals surface area contributed by atoms with Crippen molar-refractivity contribution >= 4 is 11.8 Å². The summed E-state index contributed by atoms with van der Waals surface area (Å²) in [6.45, 7) is 4.10. The van der Waals surface area contributed by atoms with Crippen LogP contribution in [0.2, 0.25) is 0 Å². The monoisotopic (exact) mass is 360 g/mol. The maximum absolute atomic E-state index is 12.5. The topological polar surface area (TPSA) is 59.1 Å². The Morgan fingerprint density at radius 3 is 2.73 bits per heavy atom. The zero-order chi connectivity index (χ0) is 18.4. The molecule has 2 heterocycles. The Morgan fingerprint density at radius 2 is 1.96 bits per heavy atom. The molecule has 2 saturated heterocycles. The highest BCUT2D eigenvalue weighted by molar-refractivity contribution is 5.78. The summed E-state index contributed by atoms with van der Waals surface area (Å²) in [5, 5.41) is 0. The molecule has 0 aliphatic carbocycles. The second-order valence-corrected chi connectivity index (χ2v) is 7.04. The van der Waals surface area contributed by atoms with E-state index < -0.39 is 0 Å². The third-order valence-electron chi connectivity index (χ3n) is 5.23. The largest absolute Gasteiger partial charge is 0.497 e. The van der Waals surface area contributed by atoms with Gasteiger partial charge in [-0.1, -0.05) is 12.1 Å². The van der Waals surface area contributed by atoms with Crippen LogP contribution in [0.4, 0.5) is 0 Å². The number of likely N-dealkylation sites (tertiary alicyclic amines) is 1. The first-order chi connectivity index (χ1) is 12.7. The van der Waals surface area contributed by atoms with Gasteiger partial charge in [-0.05, 0) is 36.5 Å². The third kappa shape index (κ3) is 4.97. The number of rotatable bonds is 6. The van der Waals surface area contributed by atoms with E-state index in [4.69, 9.17) is 9.47 Å². The molecule has 142 valence electrons. The minimum absolute atomic E-state index is 0.175. The van der Waals surface area contributed by atoms with Gasteiger partial charge in [0.1, 0.15) is 5.75 Å². The fraction of sp³-hybridized carbons (Fsp3) is 0.600. The maximum Gasteiger partial charge on any atom is 0.223 e. The number of hydrogen-bond donors (Lipinski definition) is 0. The molecule has 6 nitrogen and oxygen atoms in total. The summed E-state index contributed by atoms with van der Waals surface area (Å²) >= 11 is 0. The lowest BCUT2D eigenvalue weighted by molar-refractivity contribution is -0.136. The molecular formula is C20H28N2O4. The number of carbonyl (C=O) groups excluding carboxylic acids is 2. The van der Waals surface area contributed by atoms with Crippen LogP contribution >= 0.6 is 0 Å². The van der Waals surface area contributed by atoms with Gasteiger partial charge in [0.15, 0.2) is 0 Å². The van der Waals surface area contributed by atoms with Gasteiger partial charge in [-0.2, -0.15) is 0 Å². The van der Waals surface area contributed by atoms with Crippen LogP contribution in [0.15, 0.2) is 24.3 Å². The Morgan fingerprint density at radius 1 is 1.15 bits per heavy atom. The van der Waals surface area contributed by atoms with Gasteiger partial charge >= 0.3 is 0 Å². The number of ether oxygens (including phenoxy) is 2. The zero-order valence-corrected chi connectivity index (χ0v) is 15.5. The number of amides is 2. The molecule has 3 rings (SSSR count). The number of carbonyl (C=O) groups is 2. The Balaban J connectivity index is 1.42. The average Bonchev–Trinajstić information content (AvgIpc) is 3.15. The van der Waals surface area contributed by atoms with Crippen molar-refractivity contribution < 1.29 is 19.1 Å². The molecule has 0 radical (unpaired) electrons. The summed E-state index contributed by atoms with van der Waals surface area (Å²) in [5.74, 6) is 1.47. The summed E-state index contributed by atoms with van der Waals surface area (Å²) in [7, 11) is 1.65. The number of benzene rings is 1. The highest BCUT2D eigenvalue weighted by Gasteiger charge is 2.29. The summed E-state index contributed by atoms with van der Waals surface area (Å²) in [4.78, 5) is 28.6. The minimum Gasteiger partial charge on any atom is -0.497 e. The fourth-order valence-electron chi connectivity index (χ4n) is 3.65. The van der Waals surface area contributed by atoms with Crippen molar-refractivity contribution in [3.8, 4) is 5.75 Å². The van der Waals surface area contributed by atoms with Gasteiger partial charge in [0.25, 0.3) is 0 Å². The quantitative estimate of drug-likeness (QED) is 0.775. The zero-order valence-electron chi connectivity index (χ0n) is 15.5. The average molecular weight is 360 g/mol. The first-order valence-corrected chi connectivity index (χ1v) is 9.42. The number of morpholine rings is 1. The smallest absolute Gasteiger partial charge is 0.223 e. The second kappa shape index (κ2) is 9.03. The van der Waals surface area contributed by atoms with Crippen LogP contribution in [0.25, 0.3) is 0 Å². The SMILES string of the molecule is COc1cccc(CCC(=O)N2CCC(CC(=O)N3CCOCC3)C2)c1. The predicted octanol–water partition coefficient (Wildman–Crippen LogP) is 1.73. The van der Waals surface area contributed by atoms with E-state index in [1.165, 1.54) is 0 Å². The lowest BCUT2D eigenvalue weighted by Crippen LogP contribution is -2.41. The number of methoxy groups -OCH3 is 1. The highest BCUT2D eigenvalue weighted by Crippen LogP contribution is 2.22. The van der Waals surface area contributed by atoms with Gasteiger partial charge in [0, 0.05) is 39.0 Å². The molecule has 0 spiro atoms. The summed E-state index contributed by atoms with van der Waals surface area (Å²) < 4.78 is 10.5. The van der Waals surface area contributed by atoms with Crippen molar-refractivity contribution in [2.45, 2.75) is 25.7 Å². The van der Waals surface area contributed by atoms with Crippen molar-refractivity contribution in [1.29, 1.82) is 0 Å². The Labute approximate surface area is 155 Å². The van der Waals surface area contributed by atoms with E-state index >= 15 is 0 Å². The van der Waals surface area contributed by atoms with Crippen LogP contribution in [0.1, 0.15) is 24.8 Å². The third-order valence-corrected chi connectivity index (χ3v) is 5.23. The molecule has 1 aromatic carbocycles. The van der Waals surface area contributed by atoms with E-state index in [-0.39, 0.29) is 17.7 Å². The first-order valence-electron chi connectivity index (χ1n) is 9.42. The normalized spacial score (nSPS) is 20.3. The molecule has 0 N–H and O–H groups in total. The van der Waals surface area contributed by atoms with E-state index in [9.17, 15) is 9.59 Å². The molecule has 2 aliphatic rings. The van der Waals surface area contributed by atoms with Gasteiger partial charge in [-0.3, -0.25) is 9.59 Å². The summed E-state index contributed by atoms with van der Waals surface area (Å²) in [6, 6.07) is 7.84. The van der Waals surface area contributed by atoms with Crippen molar-refractivity contribution in [2.24, 2.45) is 5.92 Å². The van der Waals surface area contributed by atoms with E-state index in [2.05, 4.69) is 0 Å². The van der Waals surface area contributed by atoms with E-state index in [0.29, 0.717) is 52.1 Å². The molecular weight excluding hydrogens is 332 g/mol. The van der Waals surface area contributed by atoms with E-state index in [0.717, 1.165) is 24.3 Å². The molecule has 2 aliphatic heterocycles. The minimum atomic E-state index is 0.175. The standard InChI is InChI=1S/C20H28N2O4/c1-25-18-4-2-3-16(13-18)5-6-19(23)22-8-7-17(15-22)14-20(24)21-9-11-26-12-10-21/h2-4,13,17H,5-12,14-15H2,1H3. The van der Waals surface area contributed by atoms with E-state index in [1.54, 1.807) is 7.11 Å². The molecule has 2 amide bonds. The molecule has 0 bridgehead atoms. The predicted molar refractivity (Wildman–Crippen MR) is 98.0 cm³/mol. The molecule has 1 unspecified atom stereocenters. The fourth-order valence-corrected chi connectivity index (χ4v) is 3.65. The van der Waals surface area contributed by atoms with Gasteiger partial charge in [0.05, 0.1) is 20.3 Å². The van der Waals surface area contributed by atoms with Crippen molar-refractivity contribution in [1.82, 2.24) is 9.80 Å². The van der Waals surface area contributed by atoms with Crippen LogP contribution in [0.3, 0.4) is 0 Å². The van der Waals surface area contributed by atoms with Gasteiger partial charge in [0.2, 0.25) is 11.8 Å². The molecule has 1 aromatic rings. The van der Waals surface area contributed by atoms with Crippen LogP contribution < -0.4 is 4.74 Å². The van der Waals surface area contributed by atoms with Crippen LogP contribution in [0.5, 0.6) is 5.75 Å². The van der Waals surface area contributed by atoms with Crippen molar-refractivity contribution in [3.63, 3.8) is 0 Å². The molecule has 6 heteroatoms. The van der Waals surface area contributed by atoms with Gasteiger partial charge < -0.3 is 19.3 Å². The molecule has 0 saturated carbocycles. The Kier molecular flexibility index (Phi) is 6.50. The Bertz CT molecular complexity index is 628. The molecule has 0 aromatic heterocycles. The van der Waals surface area contributed by atoms with Crippen LogP contribution in [0, 0.1) is 5.92 Å². The highest BCUT2D eigenvalue weighted by atomic mass is 16.5. The Hall–Kier alpha value is -2.08. The maximum atomic E-state index is 12.5. The molecule has 2 fully saturated rings. The van der Waals surface area contributed by atoms with Gasteiger partial charge in [-0.15, -0.1) is 0 Å². The number of hydrogen-bond acceptors (Lipinski definition) is 4. The first kappa shape index (κ1) is 18.7. The van der Waals surface area contributed by atoms with Crippen LogP contribution in [-0.2, 0) is 20.7 Å². The number of nitrogens with zero attached hydrogens (tertiary/aromatic N) is 2. The summed E-state index contributed by atoms with van der Waals surface area (Å²) in [6.07, 6.45) is 2.67. The lowest BCUT2D eigenvalue weighted by atomic mass is 10.0. The van der Waals surface area contributed by atoms with Gasteiger partial charge in [-0.25, -0.2) is 0 Å². The lowest BCUT2D eigenvalue weighted by Gasteiger charge is -2.27.